The first-order valence-corrected chi connectivity index (χ1v) is 5.25. The molecule has 0 radical (unpaired) electrons. The van der Waals surface area contributed by atoms with Gasteiger partial charge in [0.25, 0.3) is 0 Å². The lowest BCUT2D eigenvalue weighted by atomic mass is 10.1. The molecule has 0 saturated carbocycles. The van der Waals surface area contributed by atoms with E-state index in [1.807, 2.05) is 0 Å². The molecule has 1 aromatic rings. The van der Waals surface area contributed by atoms with Crippen LogP contribution in [0.1, 0.15) is 19.4 Å². The van der Waals surface area contributed by atoms with Gasteiger partial charge in [-0.2, -0.15) is 0 Å². The van der Waals surface area contributed by atoms with Crippen molar-refractivity contribution in [1.82, 2.24) is 5.32 Å². The van der Waals surface area contributed by atoms with Gasteiger partial charge in [0.15, 0.2) is 11.5 Å². The highest BCUT2D eigenvalue weighted by atomic mass is 16.5. The van der Waals surface area contributed by atoms with Gasteiger partial charge in [-0.05, 0) is 6.07 Å². The number of aromatic hydroxyl groups is 1. The van der Waals surface area contributed by atoms with E-state index in [-0.39, 0.29) is 5.75 Å². The van der Waals surface area contributed by atoms with Crippen LogP contribution in [-0.4, -0.2) is 25.4 Å². The summed E-state index contributed by atoms with van der Waals surface area (Å²) in [7, 11) is 3.12. The fraction of sp³-hybridized carbons (Fsp3) is 0.500. The number of rotatable bonds is 5. The molecule has 1 rings (SSSR count). The summed E-state index contributed by atoms with van der Waals surface area (Å²) in [6, 6.07) is 3.71. The molecule has 0 heterocycles. The second-order valence-corrected chi connectivity index (χ2v) is 3.87. The molecule has 0 aromatic heterocycles. The average molecular weight is 225 g/mol. The quantitative estimate of drug-likeness (QED) is 0.803. The Morgan fingerprint density at radius 2 is 1.75 bits per heavy atom. The third-order valence-electron chi connectivity index (χ3n) is 2.29. The van der Waals surface area contributed by atoms with Crippen molar-refractivity contribution in [1.29, 1.82) is 0 Å². The van der Waals surface area contributed by atoms with Gasteiger partial charge >= 0.3 is 0 Å². The first kappa shape index (κ1) is 12.6. The van der Waals surface area contributed by atoms with Crippen LogP contribution in [0.15, 0.2) is 12.1 Å². The van der Waals surface area contributed by atoms with E-state index in [4.69, 9.17) is 9.47 Å². The van der Waals surface area contributed by atoms with Crippen molar-refractivity contribution >= 4 is 0 Å². The molecule has 1 aromatic carbocycles. The molecule has 16 heavy (non-hydrogen) atoms. The molecule has 2 N–H and O–H groups in total. The molecule has 0 aliphatic rings. The minimum Gasteiger partial charge on any atom is -0.507 e. The van der Waals surface area contributed by atoms with Gasteiger partial charge in [0.1, 0.15) is 5.75 Å². The largest absolute Gasteiger partial charge is 0.507 e. The van der Waals surface area contributed by atoms with Gasteiger partial charge in [0.05, 0.1) is 14.2 Å². The van der Waals surface area contributed by atoms with Crippen molar-refractivity contribution in [2.75, 3.05) is 14.2 Å². The molecule has 0 spiro atoms. The average Bonchev–Trinajstić information content (AvgIpc) is 2.26. The van der Waals surface area contributed by atoms with Gasteiger partial charge in [-0.1, -0.05) is 13.8 Å². The van der Waals surface area contributed by atoms with Crippen molar-refractivity contribution in [3.8, 4) is 17.2 Å². The monoisotopic (exact) mass is 225 g/mol. The molecule has 0 fully saturated rings. The molecule has 0 bridgehead atoms. The van der Waals surface area contributed by atoms with Crippen LogP contribution in [0.5, 0.6) is 17.2 Å². The highest BCUT2D eigenvalue weighted by Crippen LogP contribution is 2.33. The third-order valence-corrected chi connectivity index (χ3v) is 2.29. The smallest absolute Gasteiger partial charge is 0.164 e. The molecule has 0 unspecified atom stereocenters. The van der Waals surface area contributed by atoms with Crippen LogP contribution < -0.4 is 14.8 Å². The lowest BCUT2D eigenvalue weighted by molar-refractivity contribution is 0.350. The van der Waals surface area contributed by atoms with E-state index in [0.717, 1.165) is 5.56 Å². The van der Waals surface area contributed by atoms with Crippen LogP contribution in [0.4, 0.5) is 0 Å². The summed E-state index contributed by atoms with van der Waals surface area (Å²) < 4.78 is 10.3. The Balaban J connectivity index is 2.92. The molecule has 0 atom stereocenters. The summed E-state index contributed by atoms with van der Waals surface area (Å²) in [5.41, 5.74) is 0.798. The molecular formula is C12H19NO3. The Morgan fingerprint density at radius 3 is 2.25 bits per heavy atom. The van der Waals surface area contributed by atoms with Crippen molar-refractivity contribution in [2.45, 2.75) is 26.4 Å². The number of hydrogen-bond donors (Lipinski definition) is 2. The van der Waals surface area contributed by atoms with Gasteiger partial charge in [-0.25, -0.2) is 0 Å². The van der Waals surface area contributed by atoms with E-state index in [1.165, 1.54) is 0 Å². The highest BCUT2D eigenvalue weighted by Gasteiger charge is 2.10. The van der Waals surface area contributed by atoms with E-state index < -0.39 is 0 Å². The van der Waals surface area contributed by atoms with E-state index >= 15 is 0 Å². The van der Waals surface area contributed by atoms with Gasteiger partial charge in [-0.15, -0.1) is 0 Å². The lowest BCUT2D eigenvalue weighted by Gasteiger charge is -2.13. The minimum atomic E-state index is 0.214. The summed E-state index contributed by atoms with van der Waals surface area (Å²) in [4.78, 5) is 0. The zero-order chi connectivity index (χ0) is 12.1. The van der Waals surface area contributed by atoms with Crippen LogP contribution in [0.3, 0.4) is 0 Å². The standard InChI is InChI=1S/C12H19NO3/c1-8(2)13-7-9-5-11(15-3)12(16-4)6-10(9)14/h5-6,8,13-14H,7H2,1-4H3. The number of phenols is 1. The normalized spacial score (nSPS) is 10.6. The summed E-state index contributed by atoms with van der Waals surface area (Å²) in [5.74, 6) is 1.37. The second-order valence-electron chi connectivity index (χ2n) is 3.87. The maximum atomic E-state index is 9.78. The number of phenolic OH excluding ortho intramolecular Hbond substituents is 1. The van der Waals surface area contributed by atoms with Crippen LogP contribution >= 0.6 is 0 Å². The Kier molecular flexibility index (Phi) is 4.43. The fourth-order valence-corrected chi connectivity index (χ4v) is 1.37. The first-order chi connectivity index (χ1) is 7.58. The topological polar surface area (TPSA) is 50.7 Å². The van der Waals surface area contributed by atoms with Crippen molar-refractivity contribution in [3.63, 3.8) is 0 Å². The highest BCUT2D eigenvalue weighted by molar-refractivity contribution is 5.50. The predicted octanol–water partition coefficient (Wildman–Crippen LogP) is 1.91. The van der Waals surface area contributed by atoms with Crippen molar-refractivity contribution < 1.29 is 14.6 Å². The first-order valence-electron chi connectivity index (χ1n) is 5.25. The molecule has 0 aliphatic carbocycles. The van der Waals surface area contributed by atoms with Crippen LogP contribution in [0.2, 0.25) is 0 Å². The Hall–Kier alpha value is -1.42. The molecule has 0 saturated heterocycles. The molecule has 4 heteroatoms. The molecule has 0 aliphatic heterocycles. The predicted molar refractivity (Wildman–Crippen MR) is 63.2 cm³/mol. The summed E-state index contributed by atoms with van der Waals surface area (Å²) in [6.45, 7) is 4.71. The molecule has 0 amide bonds. The SMILES string of the molecule is COc1cc(O)c(CNC(C)C)cc1OC. The minimum absolute atomic E-state index is 0.214. The summed E-state index contributed by atoms with van der Waals surface area (Å²) in [6.07, 6.45) is 0. The molecule has 4 nitrogen and oxygen atoms in total. The fourth-order valence-electron chi connectivity index (χ4n) is 1.37. The number of nitrogens with one attached hydrogen (secondary N) is 1. The van der Waals surface area contributed by atoms with Gasteiger partial charge in [-0.3, -0.25) is 0 Å². The lowest BCUT2D eigenvalue weighted by Crippen LogP contribution is -2.21. The summed E-state index contributed by atoms with van der Waals surface area (Å²) >= 11 is 0. The third kappa shape index (κ3) is 3.03. The van der Waals surface area contributed by atoms with Gasteiger partial charge < -0.3 is 19.9 Å². The number of methoxy groups -OCH3 is 2. The maximum absolute atomic E-state index is 9.78. The zero-order valence-corrected chi connectivity index (χ0v) is 10.2. The second kappa shape index (κ2) is 5.61. The van der Waals surface area contributed by atoms with Gasteiger partial charge in [0.2, 0.25) is 0 Å². The van der Waals surface area contributed by atoms with Crippen LogP contribution in [0.25, 0.3) is 0 Å². The van der Waals surface area contributed by atoms with Crippen molar-refractivity contribution in [3.05, 3.63) is 17.7 Å². The van der Waals surface area contributed by atoms with Crippen LogP contribution in [0, 0.1) is 0 Å². The number of benzene rings is 1. The number of ether oxygens (including phenoxy) is 2. The Labute approximate surface area is 96.2 Å². The summed E-state index contributed by atoms with van der Waals surface area (Å²) in [5, 5.41) is 13.0. The Bertz CT molecular complexity index is 350. The van der Waals surface area contributed by atoms with Crippen molar-refractivity contribution in [2.24, 2.45) is 0 Å². The van der Waals surface area contributed by atoms with E-state index in [0.29, 0.717) is 24.1 Å². The molecule has 90 valence electrons. The zero-order valence-electron chi connectivity index (χ0n) is 10.2. The molecular weight excluding hydrogens is 206 g/mol. The maximum Gasteiger partial charge on any atom is 0.164 e. The van der Waals surface area contributed by atoms with Crippen LogP contribution in [-0.2, 0) is 6.54 Å². The van der Waals surface area contributed by atoms with E-state index in [9.17, 15) is 5.11 Å². The van der Waals surface area contributed by atoms with Gasteiger partial charge in [0, 0.05) is 24.2 Å². The number of hydrogen-bond acceptors (Lipinski definition) is 4. The van der Waals surface area contributed by atoms with E-state index in [2.05, 4.69) is 19.2 Å². The van der Waals surface area contributed by atoms with E-state index in [1.54, 1.807) is 26.4 Å². The Morgan fingerprint density at radius 1 is 1.19 bits per heavy atom.